The van der Waals surface area contributed by atoms with Crippen LogP contribution in [0.2, 0.25) is 0 Å². The number of amides is 1. The lowest BCUT2D eigenvalue weighted by Crippen LogP contribution is -2.18. The molecule has 0 saturated heterocycles. The van der Waals surface area contributed by atoms with Crippen molar-refractivity contribution in [1.29, 1.82) is 0 Å². The van der Waals surface area contributed by atoms with Crippen LogP contribution in [-0.4, -0.2) is 19.6 Å². The highest BCUT2D eigenvalue weighted by atomic mass is 19.1. The molecule has 1 amide bonds. The molecule has 0 atom stereocenters. The number of carbonyl (C=O) groups is 1. The maximum Gasteiger partial charge on any atom is 0.219 e. The van der Waals surface area contributed by atoms with Gasteiger partial charge in [0, 0.05) is 13.5 Å². The molecule has 0 aliphatic carbocycles. The molecule has 0 heterocycles. The number of aryl methyl sites for hydroxylation is 1. The summed E-state index contributed by atoms with van der Waals surface area (Å²) in [6.45, 7) is 2.14. The summed E-state index contributed by atoms with van der Waals surface area (Å²) >= 11 is 0. The predicted octanol–water partition coefficient (Wildman–Crippen LogP) is 2.04. The first-order valence-electron chi connectivity index (χ1n) is 5.23. The highest BCUT2D eigenvalue weighted by Gasteiger charge is 2.01. The Labute approximate surface area is 94.6 Å². The van der Waals surface area contributed by atoms with Gasteiger partial charge in [-0.15, -0.1) is 0 Å². The van der Waals surface area contributed by atoms with Crippen molar-refractivity contribution in [2.24, 2.45) is 0 Å². The van der Waals surface area contributed by atoms with E-state index in [2.05, 4.69) is 5.32 Å². The molecule has 0 saturated carbocycles. The van der Waals surface area contributed by atoms with Gasteiger partial charge >= 0.3 is 0 Å². The van der Waals surface area contributed by atoms with Gasteiger partial charge in [0.1, 0.15) is 11.6 Å². The molecule has 0 aliphatic rings. The van der Waals surface area contributed by atoms with Crippen LogP contribution in [0.3, 0.4) is 0 Å². The van der Waals surface area contributed by atoms with Crippen molar-refractivity contribution in [3.05, 3.63) is 29.6 Å². The topological polar surface area (TPSA) is 38.3 Å². The first-order chi connectivity index (χ1) is 7.63. The van der Waals surface area contributed by atoms with Crippen LogP contribution in [0.5, 0.6) is 5.75 Å². The molecule has 0 bridgehead atoms. The molecule has 16 heavy (non-hydrogen) atoms. The van der Waals surface area contributed by atoms with E-state index in [9.17, 15) is 9.18 Å². The number of hydrogen-bond acceptors (Lipinski definition) is 2. The molecular formula is C12H16FNO2. The molecule has 0 aliphatic heterocycles. The monoisotopic (exact) mass is 225 g/mol. The number of carbonyl (C=O) groups excluding carboxylic acids is 1. The molecule has 88 valence electrons. The second-order valence-electron chi connectivity index (χ2n) is 3.54. The SMILES string of the molecule is CNC(=O)CCCOc1ccc(F)c(C)c1. The van der Waals surface area contributed by atoms with Crippen molar-refractivity contribution in [1.82, 2.24) is 5.32 Å². The van der Waals surface area contributed by atoms with Gasteiger partial charge < -0.3 is 10.1 Å². The van der Waals surface area contributed by atoms with Gasteiger partial charge in [-0.1, -0.05) is 0 Å². The van der Waals surface area contributed by atoms with E-state index in [1.54, 1.807) is 26.1 Å². The van der Waals surface area contributed by atoms with Gasteiger partial charge in [-0.3, -0.25) is 4.79 Å². The predicted molar refractivity (Wildman–Crippen MR) is 59.9 cm³/mol. The van der Waals surface area contributed by atoms with Crippen LogP contribution >= 0.6 is 0 Å². The molecule has 0 aromatic heterocycles. The van der Waals surface area contributed by atoms with Gasteiger partial charge in [0.15, 0.2) is 0 Å². The Morgan fingerprint density at radius 1 is 1.50 bits per heavy atom. The van der Waals surface area contributed by atoms with Gasteiger partial charge in [-0.2, -0.15) is 0 Å². The fourth-order valence-electron chi connectivity index (χ4n) is 1.25. The summed E-state index contributed by atoms with van der Waals surface area (Å²) in [5, 5.41) is 2.54. The van der Waals surface area contributed by atoms with Gasteiger partial charge in [-0.05, 0) is 37.1 Å². The standard InChI is InChI=1S/C12H16FNO2/c1-9-8-10(5-6-11(9)13)16-7-3-4-12(15)14-2/h5-6,8H,3-4,7H2,1-2H3,(H,14,15). The number of halogens is 1. The maximum atomic E-state index is 12.9. The highest BCUT2D eigenvalue weighted by Crippen LogP contribution is 2.16. The third-order valence-corrected chi connectivity index (χ3v) is 2.23. The first kappa shape index (κ1) is 12.5. The van der Waals surface area contributed by atoms with E-state index in [1.807, 2.05) is 0 Å². The number of ether oxygens (including phenoxy) is 1. The fraction of sp³-hybridized carbons (Fsp3) is 0.417. The zero-order chi connectivity index (χ0) is 12.0. The summed E-state index contributed by atoms with van der Waals surface area (Å²) in [4.78, 5) is 10.9. The second kappa shape index (κ2) is 6.10. The zero-order valence-electron chi connectivity index (χ0n) is 9.55. The molecule has 3 nitrogen and oxygen atoms in total. The summed E-state index contributed by atoms with van der Waals surface area (Å²) in [6, 6.07) is 4.61. The van der Waals surface area contributed by atoms with Crippen LogP contribution in [0.4, 0.5) is 4.39 Å². The molecule has 0 radical (unpaired) electrons. The Morgan fingerprint density at radius 2 is 2.25 bits per heavy atom. The summed E-state index contributed by atoms with van der Waals surface area (Å²) in [6.07, 6.45) is 1.09. The Morgan fingerprint density at radius 3 is 2.88 bits per heavy atom. The van der Waals surface area contributed by atoms with Crippen molar-refractivity contribution < 1.29 is 13.9 Å². The van der Waals surface area contributed by atoms with E-state index in [4.69, 9.17) is 4.74 Å². The van der Waals surface area contributed by atoms with Crippen molar-refractivity contribution in [2.75, 3.05) is 13.7 Å². The average molecular weight is 225 g/mol. The third-order valence-electron chi connectivity index (χ3n) is 2.23. The van der Waals surface area contributed by atoms with Crippen molar-refractivity contribution in [3.63, 3.8) is 0 Å². The summed E-state index contributed by atoms with van der Waals surface area (Å²) < 4.78 is 18.3. The molecule has 0 spiro atoms. The third kappa shape index (κ3) is 3.88. The smallest absolute Gasteiger partial charge is 0.219 e. The van der Waals surface area contributed by atoms with Gasteiger partial charge in [-0.25, -0.2) is 4.39 Å². The lowest BCUT2D eigenvalue weighted by atomic mass is 10.2. The summed E-state index contributed by atoms with van der Waals surface area (Å²) in [7, 11) is 1.60. The average Bonchev–Trinajstić information content (AvgIpc) is 2.28. The Balaban J connectivity index is 2.32. The summed E-state index contributed by atoms with van der Waals surface area (Å²) in [5.74, 6) is 0.396. The minimum atomic E-state index is -0.238. The molecule has 1 N–H and O–H groups in total. The van der Waals surface area contributed by atoms with E-state index in [1.165, 1.54) is 6.07 Å². The van der Waals surface area contributed by atoms with Crippen LogP contribution in [0.25, 0.3) is 0 Å². The van der Waals surface area contributed by atoms with Crippen LogP contribution in [-0.2, 0) is 4.79 Å². The Kier molecular flexibility index (Phi) is 4.76. The minimum Gasteiger partial charge on any atom is -0.494 e. The minimum absolute atomic E-state index is 0.00103. The second-order valence-corrected chi connectivity index (χ2v) is 3.54. The molecule has 0 unspecified atom stereocenters. The van der Waals surface area contributed by atoms with E-state index >= 15 is 0 Å². The fourth-order valence-corrected chi connectivity index (χ4v) is 1.25. The van der Waals surface area contributed by atoms with Gasteiger partial charge in [0.25, 0.3) is 0 Å². The van der Waals surface area contributed by atoms with Crippen LogP contribution in [0.1, 0.15) is 18.4 Å². The highest BCUT2D eigenvalue weighted by molar-refractivity contribution is 5.75. The molecular weight excluding hydrogens is 209 g/mol. The molecule has 0 fully saturated rings. The Bertz CT molecular complexity index is 366. The van der Waals surface area contributed by atoms with Gasteiger partial charge in [0.2, 0.25) is 5.91 Å². The first-order valence-corrected chi connectivity index (χ1v) is 5.23. The number of benzene rings is 1. The lowest BCUT2D eigenvalue weighted by Gasteiger charge is -2.06. The maximum absolute atomic E-state index is 12.9. The van der Waals surface area contributed by atoms with Crippen LogP contribution in [0.15, 0.2) is 18.2 Å². The summed E-state index contributed by atoms with van der Waals surface area (Å²) in [5.41, 5.74) is 0.559. The number of rotatable bonds is 5. The van der Waals surface area contributed by atoms with Crippen molar-refractivity contribution in [2.45, 2.75) is 19.8 Å². The van der Waals surface area contributed by atoms with Gasteiger partial charge in [0.05, 0.1) is 6.61 Å². The van der Waals surface area contributed by atoms with E-state index < -0.39 is 0 Å². The molecule has 1 rings (SSSR count). The van der Waals surface area contributed by atoms with Crippen molar-refractivity contribution >= 4 is 5.91 Å². The lowest BCUT2D eigenvalue weighted by molar-refractivity contribution is -0.120. The van der Waals surface area contributed by atoms with Crippen LogP contribution < -0.4 is 10.1 Å². The number of nitrogens with one attached hydrogen (secondary N) is 1. The zero-order valence-corrected chi connectivity index (χ0v) is 9.55. The quantitative estimate of drug-likeness (QED) is 0.779. The van der Waals surface area contributed by atoms with E-state index in [0.29, 0.717) is 30.8 Å². The largest absolute Gasteiger partial charge is 0.494 e. The molecule has 1 aromatic rings. The van der Waals surface area contributed by atoms with E-state index in [0.717, 1.165) is 0 Å². The molecule has 4 heteroatoms. The van der Waals surface area contributed by atoms with Crippen LogP contribution in [0, 0.1) is 12.7 Å². The normalized spacial score (nSPS) is 9.94. The van der Waals surface area contributed by atoms with E-state index in [-0.39, 0.29) is 11.7 Å². The Hall–Kier alpha value is -1.58. The van der Waals surface area contributed by atoms with Crippen molar-refractivity contribution in [3.8, 4) is 5.75 Å². The number of hydrogen-bond donors (Lipinski definition) is 1. The molecule has 1 aromatic carbocycles.